The zero-order valence-electron chi connectivity index (χ0n) is 15.3. The van der Waals surface area contributed by atoms with Crippen molar-refractivity contribution in [2.45, 2.75) is 24.7 Å². The SMILES string of the molecule is O=C(N1CCOCC1)C1(CCCCBr)c2ccccc2Oc2ccccc21. The predicted molar refractivity (Wildman–Crippen MR) is 109 cm³/mol. The lowest BCUT2D eigenvalue weighted by molar-refractivity contribution is -0.140. The molecule has 142 valence electrons. The van der Waals surface area contributed by atoms with Gasteiger partial charge in [0.05, 0.1) is 13.2 Å². The normalized spacial score (nSPS) is 17.6. The second kappa shape index (κ2) is 8.03. The number of morpholine rings is 1. The van der Waals surface area contributed by atoms with Gasteiger partial charge in [0.1, 0.15) is 16.9 Å². The number of rotatable bonds is 5. The molecule has 0 aliphatic carbocycles. The molecule has 1 fully saturated rings. The fourth-order valence-electron chi connectivity index (χ4n) is 4.21. The molecule has 0 atom stereocenters. The molecule has 0 N–H and O–H groups in total. The number of alkyl halides is 1. The highest BCUT2D eigenvalue weighted by atomic mass is 79.9. The van der Waals surface area contributed by atoms with Gasteiger partial charge in [0.2, 0.25) is 5.91 Å². The summed E-state index contributed by atoms with van der Waals surface area (Å²) < 4.78 is 11.7. The van der Waals surface area contributed by atoms with Crippen LogP contribution in [0.15, 0.2) is 48.5 Å². The lowest BCUT2D eigenvalue weighted by Gasteiger charge is -2.43. The number of amides is 1. The maximum atomic E-state index is 14.0. The summed E-state index contributed by atoms with van der Waals surface area (Å²) >= 11 is 3.53. The van der Waals surface area contributed by atoms with Crippen LogP contribution in [0.1, 0.15) is 30.4 Å². The van der Waals surface area contributed by atoms with Crippen LogP contribution in [0.3, 0.4) is 0 Å². The van der Waals surface area contributed by atoms with Gasteiger partial charge in [-0.15, -0.1) is 0 Å². The number of fused-ring (bicyclic) bond motifs is 2. The zero-order valence-corrected chi connectivity index (χ0v) is 16.9. The van der Waals surface area contributed by atoms with Crippen LogP contribution < -0.4 is 4.74 Å². The Hall–Kier alpha value is -1.85. The third kappa shape index (κ3) is 3.27. The Morgan fingerprint density at radius 3 is 2.15 bits per heavy atom. The van der Waals surface area contributed by atoms with E-state index in [4.69, 9.17) is 9.47 Å². The van der Waals surface area contributed by atoms with E-state index < -0.39 is 5.41 Å². The smallest absolute Gasteiger partial charge is 0.238 e. The van der Waals surface area contributed by atoms with Crippen molar-refractivity contribution in [3.63, 3.8) is 0 Å². The molecule has 2 aliphatic rings. The van der Waals surface area contributed by atoms with Crippen LogP contribution in [0.2, 0.25) is 0 Å². The van der Waals surface area contributed by atoms with E-state index in [1.54, 1.807) is 0 Å². The maximum absolute atomic E-state index is 14.0. The van der Waals surface area contributed by atoms with Crippen molar-refractivity contribution in [3.05, 3.63) is 59.7 Å². The fraction of sp³-hybridized carbons (Fsp3) is 0.409. The van der Waals surface area contributed by atoms with Crippen molar-refractivity contribution < 1.29 is 14.3 Å². The summed E-state index contributed by atoms with van der Waals surface area (Å²) in [6, 6.07) is 16.0. The first kappa shape index (κ1) is 18.5. The zero-order chi connectivity index (χ0) is 18.7. The summed E-state index contributed by atoms with van der Waals surface area (Å²) in [6.07, 6.45) is 2.76. The van der Waals surface area contributed by atoms with Gasteiger partial charge < -0.3 is 14.4 Å². The van der Waals surface area contributed by atoms with Gasteiger partial charge in [-0.3, -0.25) is 4.79 Å². The van der Waals surface area contributed by atoms with Crippen molar-refractivity contribution in [2.75, 3.05) is 31.6 Å². The molecule has 0 aromatic heterocycles. The number of para-hydroxylation sites is 2. The van der Waals surface area contributed by atoms with Gasteiger partial charge in [0.15, 0.2) is 0 Å². The van der Waals surface area contributed by atoms with E-state index in [9.17, 15) is 4.79 Å². The number of nitrogens with zero attached hydrogens (tertiary/aromatic N) is 1. The molecule has 2 aromatic carbocycles. The third-order valence-corrected chi connectivity index (χ3v) is 6.07. The Kier molecular flexibility index (Phi) is 5.50. The molecule has 5 heteroatoms. The summed E-state index contributed by atoms with van der Waals surface area (Å²) in [5.74, 6) is 1.75. The minimum Gasteiger partial charge on any atom is -0.457 e. The van der Waals surface area contributed by atoms with Crippen molar-refractivity contribution in [1.82, 2.24) is 4.90 Å². The molecule has 2 aromatic rings. The Labute approximate surface area is 168 Å². The molecule has 0 radical (unpaired) electrons. The summed E-state index contributed by atoms with van der Waals surface area (Å²) in [5, 5.41) is 0.939. The van der Waals surface area contributed by atoms with Crippen molar-refractivity contribution in [2.24, 2.45) is 0 Å². The summed E-state index contributed by atoms with van der Waals surface area (Å²) in [5.41, 5.74) is 1.26. The van der Waals surface area contributed by atoms with Gasteiger partial charge in [0.25, 0.3) is 0 Å². The first-order valence-corrected chi connectivity index (χ1v) is 10.7. The average molecular weight is 430 g/mol. The quantitative estimate of drug-likeness (QED) is 0.518. The number of ether oxygens (including phenoxy) is 2. The Morgan fingerprint density at radius 2 is 1.56 bits per heavy atom. The largest absolute Gasteiger partial charge is 0.457 e. The average Bonchev–Trinajstić information content (AvgIpc) is 2.73. The number of benzene rings is 2. The van der Waals surface area contributed by atoms with E-state index in [0.717, 1.165) is 47.2 Å². The molecule has 4 rings (SSSR count). The standard InChI is InChI=1S/C22H24BrNO3/c23-12-6-5-11-22(21(25)24-13-15-26-16-14-24)17-7-1-3-9-19(17)27-20-10-4-2-8-18(20)22/h1-4,7-10H,5-6,11-16H2. The van der Waals surface area contributed by atoms with Gasteiger partial charge in [-0.2, -0.15) is 0 Å². The summed E-state index contributed by atoms with van der Waals surface area (Å²) in [7, 11) is 0. The molecule has 0 unspecified atom stereocenters. The van der Waals surface area contributed by atoms with Crippen LogP contribution in [-0.2, 0) is 14.9 Å². The molecule has 0 spiro atoms. The van der Waals surface area contributed by atoms with Gasteiger partial charge in [-0.1, -0.05) is 58.7 Å². The molecule has 2 aliphatic heterocycles. The van der Waals surface area contributed by atoms with Crippen molar-refractivity contribution in [1.29, 1.82) is 0 Å². The summed E-state index contributed by atoms with van der Waals surface area (Å²) in [6.45, 7) is 2.49. The maximum Gasteiger partial charge on any atom is 0.238 e. The molecule has 0 bridgehead atoms. The fourth-order valence-corrected chi connectivity index (χ4v) is 4.60. The first-order valence-electron chi connectivity index (χ1n) is 9.57. The van der Waals surface area contributed by atoms with E-state index in [1.165, 1.54) is 0 Å². The molecule has 1 amide bonds. The monoisotopic (exact) mass is 429 g/mol. The van der Waals surface area contributed by atoms with E-state index in [-0.39, 0.29) is 5.91 Å². The number of halogens is 1. The Bertz CT molecular complexity index is 771. The van der Waals surface area contributed by atoms with Gasteiger partial charge in [-0.05, 0) is 25.0 Å². The lowest BCUT2D eigenvalue weighted by Crippen LogP contribution is -2.52. The number of hydrogen-bond donors (Lipinski definition) is 0. The predicted octanol–water partition coefficient (Wildman–Crippen LogP) is 4.50. The molecule has 2 heterocycles. The van der Waals surface area contributed by atoms with E-state index in [1.807, 2.05) is 41.3 Å². The second-order valence-electron chi connectivity index (χ2n) is 7.05. The number of hydrogen-bond acceptors (Lipinski definition) is 3. The second-order valence-corrected chi connectivity index (χ2v) is 7.84. The molecule has 27 heavy (non-hydrogen) atoms. The van der Waals surface area contributed by atoms with E-state index >= 15 is 0 Å². The van der Waals surface area contributed by atoms with Crippen LogP contribution in [-0.4, -0.2) is 42.4 Å². The minimum absolute atomic E-state index is 0.170. The Balaban J connectivity index is 1.87. The Morgan fingerprint density at radius 1 is 0.963 bits per heavy atom. The molecular weight excluding hydrogens is 406 g/mol. The van der Waals surface area contributed by atoms with Crippen LogP contribution in [0.5, 0.6) is 11.5 Å². The summed E-state index contributed by atoms with van der Waals surface area (Å²) in [4.78, 5) is 16.0. The van der Waals surface area contributed by atoms with E-state index in [2.05, 4.69) is 28.1 Å². The van der Waals surface area contributed by atoms with Gasteiger partial charge in [0, 0.05) is 29.5 Å². The number of carbonyl (C=O) groups excluding carboxylic acids is 1. The van der Waals surface area contributed by atoms with Gasteiger partial charge in [-0.25, -0.2) is 0 Å². The molecular formula is C22H24BrNO3. The van der Waals surface area contributed by atoms with Crippen LogP contribution >= 0.6 is 15.9 Å². The topological polar surface area (TPSA) is 38.8 Å². The van der Waals surface area contributed by atoms with Crippen LogP contribution in [0, 0.1) is 0 Å². The van der Waals surface area contributed by atoms with E-state index in [0.29, 0.717) is 26.3 Å². The first-order chi connectivity index (χ1) is 13.3. The van der Waals surface area contributed by atoms with Gasteiger partial charge >= 0.3 is 0 Å². The third-order valence-electron chi connectivity index (χ3n) is 5.51. The van der Waals surface area contributed by atoms with Crippen molar-refractivity contribution in [3.8, 4) is 11.5 Å². The van der Waals surface area contributed by atoms with Crippen LogP contribution in [0.25, 0.3) is 0 Å². The number of unbranched alkanes of at least 4 members (excludes halogenated alkanes) is 1. The molecule has 0 saturated carbocycles. The highest BCUT2D eigenvalue weighted by Gasteiger charge is 2.49. The highest BCUT2D eigenvalue weighted by Crippen LogP contribution is 2.51. The lowest BCUT2D eigenvalue weighted by atomic mass is 9.68. The van der Waals surface area contributed by atoms with Crippen LogP contribution in [0.4, 0.5) is 0 Å². The molecule has 1 saturated heterocycles. The minimum atomic E-state index is -0.703. The van der Waals surface area contributed by atoms with Crippen molar-refractivity contribution >= 4 is 21.8 Å². The highest BCUT2D eigenvalue weighted by molar-refractivity contribution is 9.09. The molecule has 4 nitrogen and oxygen atoms in total. The number of carbonyl (C=O) groups is 1.